The molecule has 0 saturated carbocycles. The third-order valence-corrected chi connectivity index (χ3v) is 3.74. The van der Waals surface area contributed by atoms with E-state index in [9.17, 15) is 9.90 Å². The van der Waals surface area contributed by atoms with Crippen LogP contribution in [0.15, 0.2) is 42.5 Å². The average Bonchev–Trinajstić information content (AvgIpc) is 2.55. The molecule has 0 fully saturated rings. The number of aliphatic hydroxyl groups is 1. The highest BCUT2D eigenvalue weighted by Crippen LogP contribution is 2.26. The lowest BCUT2D eigenvalue weighted by molar-refractivity contribution is 0.174. The maximum atomic E-state index is 11.9. The molecule has 0 bridgehead atoms. The summed E-state index contributed by atoms with van der Waals surface area (Å²) >= 11 is 6.06. The van der Waals surface area contributed by atoms with Gasteiger partial charge in [-0.3, -0.25) is 0 Å². The molecule has 2 aromatic carbocycles. The fourth-order valence-corrected chi connectivity index (χ4v) is 2.37. The van der Waals surface area contributed by atoms with Gasteiger partial charge in [0, 0.05) is 12.6 Å². The molecule has 5 nitrogen and oxygen atoms in total. The van der Waals surface area contributed by atoms with Gasteiger partial charge in [-0.15, -0.1) is 0 Å². The molecule has 0 aromatic heterocycles. The summed E-state index contributed by atoms with van der Waals surface area (Å²) in [6, 6.07) is 12.0. The Morgan fingerprint density at radius 1 is 1.30 bits per heavy atom. The summed E-state index contributed by atoms with van der Waals surface area (Å²) in [6.07, 6.45) is -0.770. The van der Waals surface area contributed by atoms with Crippen molar-refractivity contribution in [2.45, 2.75) is 13.0 Å². The van der Waals surface area contributed by atoms with Crippen molar-refractivity contribution >= 4 is 23.3 Å². The van der Waals surface area contributed by atoms with E-state index in [-0.39, 0.29) is 6.54 Å². The number of benzene rings is 2. The van der Waals surface area contributed by atoms with E-state index in [1.54, 1.807) is 25.3 Å². The molecule has 0 saturated heterocycles. The van der Waals surface area contributed by atoms with Gasteiger partial charge in [0.1, 0.15) is 5.75 Å². The Kier molecular flexibility index (Phi) is 5.84. The third-order valence-electron chi connectivity index (χ3n) is 3.43. The van der Waals surface area contributed by atoms with Gasteiger partial charge in [-0.1, -0.05) is 35.9 Å². The molecule has 0 radical (unpaired) electrons. The summed E-state index contributed by atoms with van der Waals surface area (Å²) < 4.78 is 5.05. The molecular weight excluding hydrogens is 316 g/mol. The number of anilines is 1. The van der Waals surface area contributed by atoms with E-state index in [0.29, 0.717) is 16.5 Å². The average molecular weight is 335 g/mol. The SMILES string of the molecule is COc1ccc(NC(=O)NCC(O)c2ccccc2C)c(Cl)c1. The summed E-state index contributed by atoms with van der Waals surface area (Å²) in [7, 11) is 1.54. The topological polar surface area (TPSA) is 70.6 Å². The molecular formula is C17H19ClN2O3. The number of nitrogens with one attached hydrogen (secondary N) is 2. The van der Waals surface area contributed by atoms with Crippen molar-refractivity contribution in [2.75, 3.05) is 19.0 Å². The molecule has 2 amide bonds. The van der Waals surface area contributed by atoms with Crippen molar-refractivity contribution in [2.24, 2.45) is 0 Å². The third kappa shape index (κ3) is 4.61. The number of amides is 2. The smallest absolute Gasteiger partial charge is 0.319 e. The Labute approximate surface area is 140 Å². The normalized spacial score (nSPS) is 11.7. The Morgan fingerprint density at radius 3 is 2.70 bits per heavy atom. The first kappa shape index (κ1) is 17.1. The predicted octanol–water partition coefficient (Wildman–Crippen LogP) is 3.51. The minimum absolute atomic E-state index is 0.102. The molecule has 0 heterocycles. The Hall–Kier alpha value is -2.24. The summed E-state index contributed by atoms with van der Waals surface area (Å²) in [4.78, 5) is 11.9. The second-order valence-corrected chi connectivity index (χ2v) is 5.46. The molecule has 2 rings (SSSR count). The largest absolute Gasteiger partial charge is 0.497 e. The lowest BCUT2D eigenvalue weighted by Gasteiger charge is -2.15. The van der Waals surface area contributed by atoms with Gasteiger partial charge in [0.2, 0.25) is 0 Å². The zero-order chi connectivity index (χ0) is 16.8. The van der Waals surface area contributed by atoms with Gasteiger partial charge in [-0.25, -0.2) is 4.79 Å². The highest BCUT2D eigenvalue weighted by atomic mass is 35.5. The number of rotatable bonds is 5. The highest BCUT2D eigenvalue weighted by Gasteiger charge is 2.12. The molecule has 1 unspecified atom stereocenters. The van der Waals surface area contributed by atoms with Crippen LogP contribution in [0.2, 0.25) is 5.02 Å². The molecule has 1 atom stereocenters. The van der Waals surface area contributed by atoms with Crippen molar-refractivity contribution < 1.29 is 14.6 Å². The number of carbonyl (C=O) groups excluding carboxylic acids is 1. The number of methoxy groups -OCH3 is 1. The second-order valence-electron chi connectivity index (χ2n) is 5.05. The van der Waals surface area contributed by atoms with Crippen LogP contribution in [0.4, 0.5) is 10.5 Å². The quantitative estimate of drug-likeness (QED) is 0.783. The van der Waals surface area contributed by atoms with E-state index < -0.39 is 12.1 Å². The summed E-state index contributed by atoms with van der Waals surface area (Å²) in [5.74, 6) is 0.607. The van der Waals surface area contributed by atoms with Gasteiger partial charge in [0.15, 0.2) is 0 Å². The van der Waals surface area contributed by atoms with Gasteiger partial charge >= 0.3 is 6.03 Å². The number of ether oxygens (including phenoxy) is 1. The van der Waals surface area contributed by atoms with Crippen molar-refractivity contribution in [1.82, 2.24) is 5.32 Å². The van der Waals surface area contributed by atoms with Crippen LogP contribution < -0.4 is 15.4 Å². The Balaban J connectivity index is 1.91. The van der Waals surface area contributed by atoms with Gasteiger partial charge in [0.05, 0.1) is 23.9 Å². The standard InChI is InChI=1S/C17H19ClN2O3/c1-11-5-3-4-6-13(11)16(21)10-19-17(22)20-15-8-7-12(23-2)9-14(15)18/h3-9,16,21H,10H2,1-2H3,(H2,19,20,22). The van der Waals surface area contributed by atoms with E-state index in [1.165, 1.54) is 0 Å². The second kappa shape index (κ2) is 7.85. The van der Waals surface area contributed by atoms with Gasteiger partial charge < -0.3 is 20.5 Å². The maximum absolute atomic E-state index is 11.9. The van der Waals surface area contributed by atoms with Crippen molar-refractivity contribution in [3.63, 3.8) is 0 Å². The van der Waals surface area contributed by atoms with E-state index in [4.69, 9.17) is 16.3 Å². The van der Waals surface area contributed by atoms with E-state index >= 15 is 0 Å². The number of aliphatic hydroxyl groups excluding tert-OH is 1. The molecule has 0 aliphatic carbocycles. The maximum Gasteiger partial charge on any atom is 0.319 e. The number of hydrogen-bond acceptors (Lipinski definition) is 3. The minimum atomic E-state index is -0.770. The van der Waals surface area contributed by atoms with Crippen LogP contribution in [0.1, 0.15) is 17.2 Å². The molecule has 2 aromatic rings. The van der Waals surface area contributed by atoms with Gasteiger partial charge in [-0.05, 0) is 30.2 Å². The molecule has 6 heteroatoms. The zero-order valence-corrected chi connectivity index (χ0v) is 13.7. The molecule has 23 heavy (non-hydrogen) atoms. The van der Waals surface area contributed by atoms with Crippen molar-refractivity contribution in [3.8, 4) is 5.75 Å². The van der Waals surface area contributed by atoms with Crippen LogP contribution in [0.5, 0.6) is 5.75 Å². The summed E-state index contributed by atoms with van der Waals surface area (Å²) in [6.45, 7) is 2.01. The van der Waals surface area contributed by atoms with Crippen LogP contribution in [0.3, 0.4) is 0 Å². The molecule has 0 spiro atoms. The van der Waals surface area contributed by atoms with E-state index in [0.717, 1.165) is 11.1 Å². The fourth-order valence-electron chi connectivity index (χ4n) is 2.15. The number of carbonyl (C=O) groups is 1. The van der Waals surface area contributed by atoms with Crippen LogP contribution in [-0.2, 0) is 0 Å². The summed E-state index contributed by atoms with van der Waals surface area (Å²) in [5.41, 5.74) is 2.23. The molecule has 122 valence electrons. The van der Waals surface area contributed by atoms with Crippen LogP contribution in [0.25, 0.3) is 0 Å². The Morgan fingerprint density at radius 2 is 2.04 bits per heavy atom. The van der Waals surface area contributed by atoms with Crippen LogP contribution >= 0.6 is 11.6 Å². The molecule has 0 aliphatic heterocycles. The van der Waals surface area contributed by atoms with Gasteiger partial charge in [-0.2, -0.15) is 0 Å². The first-order valence-corrected chi connectivity index (χ1v) is 7.51. The van der Waals surface area contributed by atoms with E-state index in [1.807, 2.05) is 31.2 Å². The summed E-state index contributed by atoms with van der Waals surface area (Å²) in [5, 5.41) is 15.8. The lowest BCUT2D eigenvalue weighted by atomic mass is 10.0. The van der Waals surface area contributed by atoms with Crippen LogP contribution in [0, 0.1) is 6.92 Å². The van der Waals surface area contributed by atoms with Gasteiger partial charge in [0.25, 0.3) is 0 Å². The van der Waals surface area contributed by atoms with E-state index in [2.05, 4.69) is 10.6 Å². The van der Waals surface area contributed by atoms with Crippen molar-refractivity contribution in [1.29, 1.82) is 0 Å². The number of halogens is 1. The first-order valence-electron chi connectivity index (χ1n) is 7.13. The molecule has 0 aliphatic rings. The Bertz CT molecular complexity index is 691. The van der Waals surface area contributed by atoms with Crippen LogP contribution in [-0.4, -0.2) is 24.8 Å². The van der Waals surface area contributed by atoms with Crippen molar-refractivity contribution in [3.05, 3.63) is 58.6 Å². The number of aryl methyl sites for hydroxylation is 1. The lowest BCUT2D eigenvalue weighted by Crippen LogP contribution is -2.32. The number of urea groups is 1. The first-order chi connectivity index (χ1) is 11.0. The predicted molar refractivity (Wildman–Crippen MR) is 91.2 cm³/mol. The minimum Gasteiger partial charge on any atom is -0.497 e. The molecule has 3 N–H and O–H groups in total. The number of hydrogen-bond donors (Lipinski definition) is 3. The highest BCUT2D eigenvalue weighted by molar-refractivity contribution is 6.33. The monoisotopic (exact) mass is 334 g/mol. The zero-order valence-electron chi connectivity index (χ0n) is 13.0. The fraction of sp³-hybridized carbons (Fsp3) is 0.235.